The summed E-state index contributed by atoms with van der Waals surface area (Å²) in [7, 11) is -4.35. The molecule has 2 heterocycles. The Labute approximate surface area is 243 Å². The first-order valence-corrected chi connectivity index (χ1v) is 14.6. The molecule has 2 aromatic carbocycles. The molecule has 0 saturated heterocycles. The van der Waals surface area contributed by atoms with Crippen molar-refractivity contribution in [2.45, 2.75) is 30.8 Å². The highest BCUT2D eigenvalue weighted by molar-refractivity contribution is 7.90. The van der Waals surface area contributed by atoms with Crippen LogP contribution in [0.25, 0.3) is 11.1 Å². The fraction of sp³-hybridized carbons (Fsp3) is 0.250. The third-order valence-corrected chi connectivity index (χ3v) is 7.93. The number of oxazole rings is 1. The van der Waals surface area contributed by atoms with E-state index in [1.807, 2.05) is 0 Å². The van der Waals surface area contributed by atoms with Crippen molar-refractivity contribution in [3.63, 3.8) is 0 Å². The number of pyridine rings is 1. The molecule has 0 bridgehead atoms. The molecule has 0 radical (unpaired) electrons. The van der Waals surface area contributed by atoms with E-state index in [9.17, 15) is 41.1 Å². The van der Waals surface area contributed by atoms with Crippen LogP contribution in [0.15, 0.2) is 77.5 Å². The first-order chi connectivity index (χ1) is 20.3. The average molecular weight is 619 g/mol. The number of rotatable bonds is 11. The lowest BCUT2D eigenvalue weighted by Gasteiger charge is -2.22. The van der Waals surface area contributed by atoms with E-state index in [0.717, 1.165) is 18.0 Å². The maximum Gasteiger partial charge on any atom is 0.416 e. The van der Waals surface area contributed by atoms with Crippen molar-refractivity contribution in [3.05, 3.63) is 95.6 Å². The zero-order valence-corrected chi connectivity index (χ0v) is 23.1. The van der Waals surface area contributed by atoms with Crippen LogP contribution in [0.3, 0.4) is 0 Å². The summed E-state index contributed by atoms with van der Waals surface area (Å²) in [5, 5.41) is 12.0. The van der Waals surface area contributed by atoms with E-state index in [4.69, 9.17) is 4.42 Å². The summed E-state index contributed by atoms with van der Waals surface area (Å²) in [6.07, 6.45) is -4.73. The molecule has 3 amide bonds. The smallest absolute Gasteiger partial charge is 0.416 e. The highest BCUT2D eigenvalue weighted by Crippen LogP contribution is 2.32. The molecule has 0 aliphatic rings. The summed E-state index contributed by atoms with van der Waals surface area (Å²) in [5.41, 5.74) is -0.289. The highest BCUT2D eigenvalue weighted by Gasteiger charge is 2.35. The SMILES string of the molecule is O=C(c1nc2ccccc2o1)[C@H](CCc1ccccc1)NC(=O)N(CCS(=O)(=O)Cc1cnccc1C(F)(F)F)C(=O)O. The second kappa shape index (κ2) is 13.0. The van der Waals surface area contributed by atoms with Crippen LogP contribution in [-0.4, -0.2) is 64.6 Å². The first kappa shape index (κ1) is 31.2. The Morgan fingerprint density at radius 1 is 1.02 bits per heavy atom. The largest absolute Gasteiger partial charge is 0.465 e. The van der Waals surface area contributed by atoms with E-state index in [-0.39, 0.29) is 17.2 Å². The lowest BCUT2D eigenvalue weighted by Crippen LogP contribution is -2.51. The molecule has 0 fully saturated rings. The van der Waals surface area contributed by atoms with Gasteiger partial charge in [0.2, 0.25) is 5.78 Å². The Morgan fingerprint density at radius 2 is 1.72 bits per heavy atom. The van der Waals surface area contributed by atoms with Gasteiger partial charge in [-0.2, -0.15) is 13.2 Å². The fourth-order valence-corrected chi connectivity index (χ4v) is 5.53. The molecule has 1 atom stereocenters. The standard InChI is InChI=1S/C28H25F3N4O7S/c29-28(30,31)20-12-13-32-16-19(20)17-43(40,41)15-14-35(27(38)39)26(37)34-22(11-10-18-6-2-1-3-7-18)24(36)25-33-21-8-4-5-9-23(21)42-25/h1-9,12-13,16,22H,10-11,14-15,17H2,(H,34,37)(H,38,39)/t22-/m0/s1. The van der Waals surface area contributed by atoms with Gasteiger partial charge in [0.15, 0.2) is 15.4 Å². The first-order valence-electron chi connectivity index (χ1n) is 12.8. The number of nitrogens with zero attached hydrogens (tertiary/aromatic N) is 3. The predicted molar refractivity (Wildman–Crippen MR) is 147 cm³/mol. The Hall–Kier alpha value is -4.79. The van der Waals surface area contributed by atoms with Crippen molar-refractivity contribution in [2.75, 3.05) is 12.3 Å². The van der Waals surface area contributed by atoms with Gasteiger partial charge in [0, 0.05) is 18.9 Å². The van der Waals surface area contributed by atoms with Crippen LogP contribution in [0.4, 0.5) is 22.8 Å². The number of carbonyl (C=O) groups excluding carboxylic acids is 2. The number of carboxylic acid groups (broad SMARTS) is 1. The summed E-state index contributed by atoms with van der Waals surface area (Å²) in [4.78, 5) is 46.2. The van der Waals surface area contributed by atoms with E-state index < -0.39 is 69.1 Å². The number of nitrogens with one attached hydrogen (secondary N) is 1. The number of imide groups is 1. The van der Waals surface area contributed by atoms with Crippen molar-refractivity contribution in [1.82, 2.24) is 20.2 Å². The molecule has 4 rings (SSSR count). The number of sulfone groups is 1. The monoisotopic (exact) mass is 618 g/mol. The van der Waals surface area contributed by atoms with Gasteiger partial charge < -0.3 is 14.8 Å². The normalized spacial score (nSPS) is 12.5. The summed E-state index contributed by atoms with van der Waals surface area (Å²) >= 11 is 0. The number of aryl methyl sites for hydroxylation is 1. The Kier molecular flexibility index (Phi) is 9.43. The van der Waals surface area contributed by atoms with Gasteiger partial charge in [-0.05, 0) is 42.2 Å². The number of fused-ring (bicyclic) bond motifs is 1. The van der Waals surface area contributed by atoms with Crippen molar-refractivity contribution in [3.8, 4) is 0 Å². The quantitative estimate of drug-likeness (QED) is 0.227. The number of aromatic nitrogens is 2. The van der Waals surface area contributed by atoms with Crippen LogP contribution < -0.4 is 5.32 Å². The van der Waals surface area contributed by atoms with Crippen LogP contribution in [-0.2, 0) is 28.2 Å². The van der Waals surface area contributed by atoms with Crippen LogP contribution in [0.5, 0.6) is 0 Å². The Morgan fingerprint density at radius 3 is 2.40 bits per heavy atom. The number of para-hydroxylation sites is 2. The average Bonchev–Trinajstić information content (AvgIpc) is 3.39. The van der Waals surface area contributed by atoms with Gasteiger partial charge in [-0.1, -0.05) is 42.5 Å². The molecule has 11 nitrogen and oxygen atoms in total. The molecule has 2 aromatic heterocycles. The number of carbonyl (C=O) groups is 3. The van der Waals surface area contributed by atoms with E-state index >= 15 is 0 Å². The zero-order valence-electron chi connectivity index (χ0n) is 22.3. The third kappa shape index (κ3) is 8.16. The van der Waals surface area contributed by atoms with Gasteiger partial charge in [-0.15, -0.1) is 0 Å². The maximum absolute atomic E-state index is 13.4. The molecule has 4 aromatic rings. The lowest BCUT2D eigenvalue weighted by molar-refractivity contribution is -0.138. The molecule has 226 valence electrons. The topological polar surface area (TPSA) is 160 Å². The molecule has 0 aliphatic heterocycles. The maximum atomic E-state index is 13.4. The number of Topliss-reactive ketones (excluding diaryl/α,β-unsaturated/α-hetero) is 1. The Bertz CT molecular complexity index is 1690. The number of hydrogen-bond acceptors (Lipinski definition) is 8. The number of ketones is 1. The molecular weight excluding hydrogens is 593 g/mol. The van der Waals surface area contributed by atoms with Gasteiger partial charge in [0.25, 0.3) is 5.89 Å². The van der Waals surface area contributed by atoms with E-state index in [1.54, 1.807) is 54.6 Å². The van der Waals surface area contributed by atoms with Gasteiger partial charge in [0.1, 0.15) is 5.52 Å². The van der Waals surface area contributed by atoms with Gasteiger partial charge >= 0.3 is 18.3 Å². The van der Waals surface area contributed by atoms with Gasteiger partial charge in [-0.25, -0.2) is 27.9 Å². The lowest BCUT2D eigenvalue weighted by atomic mass is 10.0. The number of amides is 3. The number of urea groups is 1. The van der Waals surface area contributed by atoms with Crippen molar-refractivity contribution in [1.29, 1.82) is 0 Å². The number of hydrogen-bond donors (Lipinski definition) is 2. The van der Waals surface area contributed by atoms with Gasteiger partial charge in [0.05, 0.1) is 23.1 Å². The second-order valence-corrected chi connectivity index (χ2v) is 11.6. The number of halogens is 3. The van der Waals surface area contributed by atoms with Crippen LogP contribution in [0.2, 0.25) is 0 Å². The minimum absolute atomic E-state index is 0.0142. The number of benzene rings is 2. The Balaban J connectivity index is 1.50. The third-order valence-electron chi connectivity index (χ3n) is 6.37. The van der Waals surface area contributed by atoms with E-state index in [2.05, 4.69) is 15.3 Å². The van der Waals surface area contributed by atoms with Crippen molar-refractivity contribution in [2.24, 2.45) is 0 Å². The van der Waals surface area contributed by atoms with Crippen LogP contribution in [0, 0.1) is 0 Å². The van der Waals surface area contributed by atoms with E-state index in [0.29, 0.717) is 23.6 Å². The molecule has 15 heteroatoms. The van der Waals surface area contributed by atoms with Gasteiger partial charge in [-0.3, -0.25) is 9.78 Å². The van der Waals surface area contributed by atoms with E-state index in [1.165, 1.54) is 0 Å². The van der Waals surface area contributed by atoms with Crippen LogP contribution >= 0.6 is 0 Å². The number of alkyl halides is 3. The molecule has 0 aliphatic carbocycles. The fourth-order valence-electron chi connectivity index (χ4n) is 4.22. The molecule has 0 unspecified atom stereocenters. The predicted octanol–water partition coefficient (Wildman–Crippen LogP) is 4.73. The minimum atomic E-state index is -4.84. The molecule has 2 N–H and O–H groups in total. The van der Waals surface area contributed by atoms with Crippen molar-refractivity contribution >= 4 is 38.8 Å². The summed E-state index contributed by atoms with van der Waals surface area (Å²) < 4.78 is 70.7. The molecule has 43 heavy (non-hydrogen) atoms. The van der Waals surface area contributed by atoms with Crippen molar-refractivity contribution < 1.29 is 45.5 Å². The highest BCUT2D eigenvalue weighted by atomic mass is 32.2. The molecular formula is C28H25F3N4O7S. The summed E-state index contributed by atoms with van der Waals surface area (Å²) in [6.45, 7) is -0.909. The zero-order chi connectivity index (χ0) is 31.2. The van der Waals surface area contributed by atoms with Crippen LogP contribution in [0.1, 0.15) is 33.8 Å². The minimum Gasteiger partial charge on any atom is -0.465 e. The molecule has 0 saturated carbocycles. The summed E-state index contributed by atoms with van der Waals surface area (Å²) in [6, 6.07) is 13.5. The summed E-state index contributed by atoms with van der Waals surface area (Å²) in [5.74, 6) is -3.12. The molecule has 0 spiro atoms. The second-order valence-electron chi connectivity index (χ2n) is 9.43.